The van der Waals surface area contributed by atoms with Crippen molar-refractivity contribution in [2.45, 2.75) is 19.4 Å². The second-order valence-electron chi connectivity index (χ2n) is 4.51. The fourth-order valence-electron chi connectivity index (χ4n) is 2.03. The Morgan fingerprint density at radius 1 is 1.21 bits per heavy atom. The second kappa shape index (κ2) is 5.52. The molecule has 0 saturated heterocycles. The van der Waals surface area contributed by atoms with Gasteiger partial charge in [0.15, 0.2) is 0 Å². The number of carbonyl (C=O) groups is 1. The summed E-state index contributed by atoms with van der Waals surface area (Å²) >= 11 is 0. The molecule has 1 unspecified atom stereocenters. The molecule has 0 bridgehead atoms. The van der Waals surface area contributed by atoms with E-state index in [1.165, 1.54) is 22.9 Å². The molecule has 1 heterocycles. The highest BCUT2D eigenvalue weighted by molar-refractivity contribution is 5.87. The van der Waals surface area contributed by atoms with Crippen molar-refractivity contribution in [3.63, 3.8) is 0 Å². The minimum atomic E-state index is -1.03. The quantitative estimate of drug-likeness (QED) is 0.914. The lowest BCUT2D eigenvalue weighted by Gasteiger charge is -2.15. The van der Waals surface area contributed by atoms with Gasteiger partial charge in [0.1, 0.15) is 0 Å². The first-order chi connectivity index (χ1) is 9.08. The van der Waals surface area contributed by atoms with Crippen LogP contribution in [0.3, 0.4) is 0 Å². The summed E-state index contributed by atoms with van der Waals surface area (Å²) in [7, 11) is 0. The number of rotatable bonds is 4. The van der Waals surface area contributed by atoms with Gasteiger partial charge >= 0.3 is 5.97 Å². The van der Waals surface area contributed by atoms with Gasteiger partial charge in [0.2, 0.25) is 0 Å². The number of hydrogen-bond donors (Lipinski definition) is 1. The van der Waals surface area contributed by atoms with Gasteiger partial charge in [-0.15, -0.1) is 0 Å². The van der Waals surface area contributed by atoms with Gasteiger partial charge in [-0.3, -0.25) is 4.79 Å². The summed E-state index contributed by atoms with van der Waals surface area (Å²) in [6, 6.07) is 12.3. The van der Waals surface area contributed by atoms with E-state index in [2.05, 4.69) is 0 Å². The predicted octanol–water partition coefficient (Wildman–Crippen LogP) is 2.35. The van der Waals surface area contributed by atoms with Gasteiger partial charge in [-0.25, -0.2) is 4.79 Å². The van der Waals surface area contributed by atoms with Crippen molar-refractivity contribution in [2.24, 2.45) is 0 Å². The molecular formula is C15H15NO3. The smallest absolute Gasteiger partial charge is 0.337 e. The number of benzene rings is 1. The number of aromatic nitrogens is 1. The van der Waals surface area contributed by atoms with Crippen molar-refractivity contribution in [3.05, 3.63) is 70.1 Å². The molecule has 1 atom stereocenters. The Kier molecular flexibility index (Phi) is 3.80. The van der Waals surface area contributed by atoms with E-state index in [1.807, 2.05) is 37.3 Å². The van der Waals surface area contributed by atoms with Gasteiger partial charge in [-0.1, -0.05) is 30.3 Å². The van der Waals surface area contributed by atoms with Gasteiger partial charge in [0.05, 0.1) is 5.56 Å². The van der Waals surface area contributed by atoms with Crippen LogP contribution < -0.4 is 5.56 Å². The SMILES string of the molecule is CC(Cc1ccccc1)n1cc(C(=O)O)ccc1=O. The average Bonchev–Trinajstić information content (AvgIpc) is 2.40. The Bertz CT molecular complexity index is 631. The van der Waals surface area contributed by atoms with E-state index in [0.717, 1.165) is 5.56 Å². The summed E-state index contributed by atoms with van der Waals surface area (Å²) in [5.74, 6) is -1.03. The topological polar surface area (TPSA) is 59.3 Å². The van der Waals surface area contributed by atoms with E-state index in [9.17, 15) is 9.59 Å². The normalized spacial score (nSPS) is 12.1. The first-order valence-corrected chi connectivity index (χ1v) is 6.07. The van der Waals surface area contributed by atoms with Crippen molar-refractivity contribution in [1.29, 1.82) is 0 Å². The molecule has 1 N–H and O–H groups in total. The molecule has 0 spiro atoms. The molecule has 0 fully saturated rings. The molecule has 2 aromatic rings. The van der Waals surface area contributed by atoms with E-state index >= 15 is 0 Å². The third kappa shape index (κ3) is 3.10. The molecule has 98 valence electrons. The molecule has 2 rings (SSSR count). The first kappa shape index (κ1) is 13.1. The molecule has 4 nitrogen and oxygen atoms in total. The second-order valence-corrected chi connectivity index (χ2v) is 4.51. The summed E-state index contributed by atoms with van der Waals surface area (Å²) in [5, 5.41) is 8.96. The Labute approximate surface area is 110 Å². The van der Waals surface area contributed by atoms with Crippen LogP contribution in [0.5, 0.6) is 0 Å². The maximum Gasteiger partial charge on any atom is 0.337 e. The van der Waals surface area contributed by atoms with Crippen LogP contribution in [0.15, 0.2) is 53.5 Å². The van der Waals surface area contributed by atoms with Gasteiger partial charge in [-0.05, 0) is 25.0 Å². The Morgan fingerprint density at radius 3 is 2.53 bits per heavy atom. The van der Waals surface area contributed by atoms with Gasteiger partial charge in [0, 0.05) is 18.3 Å². The summed E-state index contributed by atoms with van der Waals surface area (Å²) in [4.78, 5) is 22.7. The Balaban J connectivity index is 2.28. The third-order valence-corrected chi connectivity index (χ3v) is 3.03. The maximum absolute atomic E-state index is 11.8. The fraction of sp³-hybridized carbons (Fsp3) is 0.200. The van der Waals surface area contributed by atoms with Crippen LogP contribution >= 0.6 is 0 Å². The average molecular weight is 257 g/mol. The molecule has 0 amide bonds. The van der Waals surface area contributed by atoms with E-state index in [-0.39, 0.29) is 17.2 Å². The summed E-state index contributed by atoms with van der Waals surface area (Å²) in [6.07, 6.45) is 2.09. The summed E-state index contributed by atoms with van der Waals surface area (Å²) in [5.41, 5.74) is 1.05. The Hall–Kier alpha value is -2.36. The lowest BCUT2D eigenvalue weighted by atomic mass is 10.1. The van der Waals surface area contributed by atoms with Crippen LogP contribution in [0.2, 0.25) is 0 Å². The zero-order chi connectivity index (χ0) is 13.8. The monoisotopic (exact) mass is 257 g/mol. The van der Waals surface area contributed by atoms with Crippen LogP contribution in [-0.4, -0.2) is 15.6 Å². The number of aromatic carboxylic acids is 1. The molecule has 0 radical (unpaired) electrons. The Morgan fingerprint density at radius 2 is 1.89 bits per heavy atom. The fourth-order valence-corrected chi connectivity index (χ4v) is 2.03. The van der Waals surface area contributed by atoms with E-state index in [0.29, 0.717) is 6.42 Å². The zero-order valence-electron chi connectivity index (χ0n) is 10.6. The molecule has 1 aromatic carbocycles. The molecule has 0 aliphatic heterocycles. The number of pyridine rings is 1. The molecule has 0 saturated carbocycles. The van der Waals surface area contributed by atoms with Crippen LogP contribution in [0.4, 0.5) is 0 Å². The van der Waals surface area contributed by atoms with Crippen molar-refractivity contribution in [2.75, 3.05) is 0 Å². The highest BCUT2D eigenvalue weighted by Gasteiger charge is 2.10. The minimum absolute atomic E-state index is 0.0887. The number of carboxylic acids is 1. The third-order valence-electron chi connectivity index (χ3n) is 3.03. The first-order valence-electron chi connectivity index (χ1n) is 6.07. The van der Waals surface area contributed by atoms with Crippen LogP contribution in [-0.2, 0) is 6.42 Å². The molecule has 0 aliphatic carbocycles. The maximum atomic E-state index is 11.8. The molecule has 4 heteroatoms. The lowest BCUT2D eigenvalue weighted by molar-refractivity contribution is 0.0695. The van der Waals surface area contributed by atoms with Crippen molar-refractivity contribution >= 4 is 5.97 Å². The largest absolute Gasteiger partial charge is 0.478 e. The summed E-state index contributed by atoms with van der Waals surface area (Å²) < 4.78 is 1.47. The van der Waals surface area contributed by atoms with Gasteiger partial charge in [-0.2, -0.15) is 0 Å². The van der Waals surface area contributed by atoms with Gasteiger partial charge < -0.3 is 9.67 Å². The molecule has 19 heavy (non-hydrogen) atoms. The predicted molar refractivity (Wildman–Crippen MR) is 72.5 cm³/mol. The molecular weight excluding hydrogens is 242 g/mol. The highest BCUT2D eigenvalue weighted by atomic mass is 16.4. The minimum Gasteiger partial charge on any atom is -0.478 e. The highest BCUT2D eigenvalue weighted by Crippen LogP contribution is 2.12. The van der Waals surface area contributed by atoms with Gasteiger partial charge in [0.25, 0.3) is 5.56 Å². The number of hydrogen-bond acceptors (Lipinski definition) is 2. The molecule has 1 aromatic heterocycles. The lowest BCUT2D eigenvalue weighted by Crippen LogP contribution is -2.24. The van der Waals surface area contributed by atoms with Crippen LogP contribution in [0.25, 0.3) is 0 Å². The van der Waals surface area contributed by atoms with E-state index in [4.69, 9.17) is 5.11 Å². The summed E-state index contributed by atoms with van der Waals surface area (Å²) in [6.45, 7) is 1.90. The number of nitrogens with zero attached hydrogens (tertiary/aromatic N) is 1. The van der Waals surface area contributed by atoms with Crippen LogP contribution in [0.1, 0.15) is 28.9 Å². The zero-order valence-corrected chi connectivity index (χ0v) is 10.6. The van der Waals surface area contributed by atoms with Crippen molar-refractivity contribution < 1.29 is 9.90 Å². The number of carboxylic acid groups (broad SMARTS) is 1. The molecule has 0 aliphatic rings. The van der Waals surface area contributed by atoms with Crippen molar-refractivity contribution in [3.8, 4) is 0 Å². The van der Waals surface area contributed by atoms with Crippen molar-refractivity contribution in [1.82, 2.24) is 4.57 Å². The standard InChI is InChI=1S/C15H15NO3/c1-11(9-12-5-3-2-4-6-12)16-10-13(15(18)19)7-8-14(16)17/h2-8,10-11H,9H2,1H3,(H,18,19). The van der Waals surface area contributed by atoms with E-state index in [1.54, 1.807) is 0 Å². The van der Waals surface area contributed by atoms with E-state index < -0.39 is 5.97 Å². The van der Waals surface area contributed by atoms with Crippen LogP contribution in [0, 0.1) is 0 Å².